The van der Waals surface area contributed by atoms with Crippen LogP contribution in [0, 0.1) is 0 Å². The van der Waals surface area contributed by atoms with Crippen LogP contribution in [0.5, 0.6) is 0 Å². The van der Waals surface area contributed by atoms with Crippen LogP contribution in [0.2, 0.25) is 0 Å². The van der Waals surface area contributed by atoms with E-state index in [1.807, 2.05) is 0 Å². The summed E-state index contributed by atoms with van der Waals surface area (Å²) in [6, 6.07) is 0.633. The quantitative estimate of drug-likeness (QED) is 0.513. The molecule has 0 radical (unpaired) electrons. The van der Waals surface area contributed by atoms with Crippen LogP contribution in [0.1, 0.15) is 20.3 Å². The third-order valence-electron chi connectivity index (χ3n) is 0.863. The van der Waals surface area contributed by atoms with Gasteiger partial charge in [0.1, 0.15) is 0 Å². The van der Waals surface area contributed by atoms with Crippen LogP contribution in [0.4, 0.5) is 0 Å². The molecule has 0 aliphatic rings. The highest BCUT2D eigenvalue weighted by Crippen LogP contribution is 1.85. The van der Waals surface area contributed by atoms with Crippen molar-refractivity contribution in [3.63, 3.8) is 0 Å². The third kappa shape index (κ3) is 6.44. The first-order valence-electron chi connectivity index (χ1n) is 3.06. The molecular weight excluding hydrogens is 166 g/mol. The number of hydrogen-bond acceptors (Lipinski definition) is 1. The lowest BCUT2D eigenvalue weighted by molar-refractivity contribution is 0.586. The van der Waals surface area contributed by atoms with Crippen LogP contribution in [-0.2, 0) is 0 Å². The Hall–Kier alpha value is 0.440. The smallest absolute Gasteiger partial charge is 0.00433 e. The molecule has 50 valence electrons. The zero-order valence-electron chi connectivity index (χ0n) is 5.58. The number of alkyl halides is 1. The molecule has 0 heterocycles. The van der Waals surface area contributed by atoms with Crippen LogP contribution in [-0.4, -0.2) is 17.9 Å². The molecule has 0 aliphatic heterocycles. The Morgan fingerprint density at radius 2 is 2.12 bits per heavy atom. The van der Waals surface area contributed by atoms with Gasteiger partial charge in [-0.3, -0.25) is 0 Å². The second-order valence-electron chi connectivity index (χ2n) is 2.15. The molecule has 0 bridgehead atoms. The topological polar surface area (TPSA) is 12.0 Å². The van der Waals surface area contributed by atoms with E-state index < -0.39 is 0 Å². The van der Waals surface area contributed by atoms with Crippen molar-refractivity contribution < 1.29 is 0 Å². The van der Waals surface area contributed by atoms with Gasteiger partial charge in [0, 0.05) is 11.4 Å². The number of nitrogens with one attached hydrogen (secondary N) is 1. The summed E-state index contributed by atoms with van der Waals surface area (Å²) in [6.07, 6.45) is 1.22. The predicted octanol–water partition coefficient (Wildman–Crippen LogP) is 1.77. The SMILES string of the molecule is CC(C)NCCCBr. The highest BCUT2D eigenvalue weighted by molar-refractivity contribution is 9.09. The summed E-state index contributed by atoms with van der Waals surface area (Å²) in [5, 5.41) is 4.42. The van der Waals surface area contributed by atoms with Gasteiger partial charge in [-0.2, -0.15) is 0 Å². The van der Waals surface area contributed by atoms with Gasteiger partial charge < -0.3 is 5.32 Å². The maximum absolute atomic E-state index is 3.36. The minimum Gasteiger partial charge on any atom is -0.315 e. The van der Waals surface area contributed by atoms with E-state index >= 15 is 0 Å². The molecule has 0 spiro atoms. The first-order chi connectivity index (χ1) is 3.77. The summed E-state index contributed by atoms with van der Waals surface area (Å²) in [7, 11) is 0. The fourth-order valence-electron chi connectivity index (χ4n) is 0.458. The van der Waals surface area contributed by atoms with E-state index in [-0.39, 0.29) is 0 Å². The lowest BCUT2D eigenvalue weighted by Gasteiger charge is -2.04. The normalized spacial score (nSPS) is 10.5. The predicted molar refractivity (Wildman–Crippen MR) is 41.5 cm³/mol. The van der Waals surface area contributed by atoms with Crippen molar-refractivity contribution in [3.05, 3.63) is 0 Å². The molecule has 0 saturated carbocycles. The molecule has 0 fully saturated rings. The summed E-state index contributed by atoms with van der Waals surface area (Å²) < 4.78 is 0. The fraction of sp³-hybridized carbons (Fsp3) is 1.00. The van der Waals surface area contributed by atoms with Crippen LogP contribution >= 0.6 is 15.9 Å². The second-order valence-corrected chi connectivity index (χ2v) is 2.94. The molecule has 0 rings (SSSR count). The molecule has 0 aliphatic carbocycles. The van der Waals surface area contributed by atoms with E-state index in [2.05, 4.69) is 35.1 Å². The molecule has 1 N–H and O–H groups in total. The summed E-state index contributed by atoms with van der Waals surface area (Å²) in [5.41, 5.74) is 0. The Balaban J connectivity index is 2.72. The largest absolute Gasteiger partial charge is 0.315 e. The number of hydrogen-bond donors (Lipinski definition) is 1. The van der Waals surface area contributed by atoms with Crippen molar-refractivity contribution >= 4 is 15.9 Å². The van der Waals surface area contributed by atoms with E-state index in [9.17, 15) is 0 Å². The minimum atomic E-state index is 0.633. The average Bonchev–Trinajstić information content (AvgIpc) is 1.66. The summed E-state index contributed by atoms with van der Waals surface area (Å²) in [4.78, 5) is 0. The first-order valence-corrected chi connectivity index (χ1v) is 4.19. The Bertz CT molecular complexity index is 45.8. The standard InChI is InChI=1S/C6H14BrN/c1-6(2)8-5-3-4-7/h6,8H,3-5H2,1-2H3. The van der Waals surface area contributed by atoms with E-state index in [1.165, 1.54) is 6.42 Å². The Labute approximate surface area is 60.0 Å². The van der Waals surface area contributed by atoms with E-state index in [1.54, 1.807) is 0 Å². The van der Waals surface area contributed by atoms with Crippen molar-refractivity contribution in [2.75, 3.05) is 11.9 Å². The monoisotopic (exact) mass is 179 g/mol. The van der Waals surface area contributed by atoms with Crippen LogP contribution in [0.3, 0.4) is 0 Å². The highest BCUT2D eigenvalue weighted by Gasteiger charge is 1.88. The molecule has 0 atom stereocenters. The van der Waals surface area contributed by atoms with Gasteiger partial charge in [0.2, 0.25) is 0 Å². The van der Waals surface area contributed by atoms with Gasteiger partial charge in [0.05, 0.1) is 0 Å². The first kappa shape index (κ1) is 8.44. The van der Waals surface area contributed by atoms with Gasteiger partial charge in [-0.25, -0.2) is 0 Å². The van der Waals surface area contributed by atoms with E-state index in [0.717, 1.165) is 11.9 Å². The Morgan fingerprint density at radius 1 is 1.50 bits per heavy atom. The Morgan fingerprint density at radius 3 is 2.50 bits per heavy atom. The maximum Gasteiger partial charge on any atom is 0.00433 e. The highest BCUT2D eigenvalue weighted by atomic mass is 79.9. The van der Waals surface area contributed by atoms with Crippen molar-refractivity contribution in [1.29, 1.82) is 0 Å². The molecule has 0 aromatic carbocycles. The Kier molecular flexibility index (Phi) is 5.88. The van der Waals surface area contributed by atoms with Gasteiger partial charge in [-0.05, 0) is 13.0 Å². The average molecular weight is 180 g/mol. The zero-order chi connectivity index (χ0) is 6.41. The van der Waals surface area contributed by atoms with Crippen molar-refractivity contribution in [3.8, 4) is 0 Å². The third-order valence-corrected chi connectivity index (χ3v) is 1.42. The molecule has 0 aromatic heterocycles. The fourth-order valence-corrected chi connectivity index (χ4v) is 0.738. The van der Waals surface area contributed by atoms with Gasteiger partial charge >= 0.3 is 0 Å². The van der Waals surface area contributed by atoms with E-state index in [0.29, 0.717) is 6.04 Å². The van der Waals surface area contributed by atoms with Crippen molar-refractivity contribution in [2.24, 2.45) is 0 Å². The molecule has 0 unspecified atom stereocenters. The van der Waals surface area contributed by atoms with Crippen molar-refractivity contribution in [2.45, 2.75) is 26.3 Å². The minimum absolute atomic E-state index is 0.633. The van der Waals surface area contributed by atoms with Crippen LogP contribution in [0.25, 0.3) is 0 Å². The molecule has 0 amide bonds. The molecule has 2 heteroatoms. The van der Waals surface area contributed by atoms with Gasteiger partial charge in [0.25, 0.3) is 0 Å². The lowest BCUT2D eigenvalue weighted by Crippen LogP contribution is -2.23. The number of halogens is 1. The van der Waals surface area contributed by atoms with Crippen LogP contribution < -0.4 is 5.32 Å². The molecule has 1 nitrogen and oxygen atoms in total. The lowest BCUT2D eigenvalue weighted by atomic mass is 10.4. The maximum atomic E-state index is 3.36. The molecule has 8 heavy (non-hydrogen) atoms. The summed E-state index contributed by atoms with van der Waals surface area (Å²) in [6.45, 7) is 5.45. The molecule has 0 saturated heterocycles. The van der Waals surface area contributed by atoms with Crippen molar-refractivity contribution in [1.82, 2.24) is 5.32 Å². The van der Waals surface area contributed by atoms with E-state index in [4.69, 9.17) is 0 Å². The van der Waals surface area contributed by atoms with Gasteiger partial charge in [-0.1, -0.05) is 29.8 Å². The van der Waals surface area contributed by atoms with Crippen LogP contribution in [0.15, 0.2) is 0 Å². The number of rotatable bonds is 4. The molecule has 0 aromatic rings. The summed E-state index contributed by atoms with van der Waals surface area (Å²) >= 11 is 3.36. The van der Waals surface area contributed by atoms with Gasteiger partial charge in [-0.15, -0.1) is 0 Å². The van der Waals surface area contributed by atoms with Gasteiger partial charge in [0.15, 0.2) is 0 Å². The zero-order valence-corrected chi connectivity index (χ0v) is 7.16. The summed E-state index contributed by atoms with van der Waals surface area (Å²) in [5.74, 6) is 0. The molecular formula is C6H14BrN. The second kappa shape index (κ2) is 5.57.